The Bertz CT molecular complexity index is 1090. The highest BCUT2D eigenvalue weighted by Crippen LogP contribution is 2.64. The van der Waals surface area contributed by atoms with E-state index in [1.54, 1.807) is 0 Å². The Morgan fingerprint density at radius 3 is 3.30 bits per heavy atom. The number of ketones is 1. The first-order valence-electron chi connectivity index (χ1n) is 12.0. The van der Waals surface area contributed by atoms with E-state index in [1.807, 2.05) is 0 Å². The lowest BCUT2D eigenvalue weighted by molar-refractivity contribution is -0.185. The Morgan fingerprint density at radius 1 is 1.61 bits per heavy atom. The van der Waals surface area contributed by atoms with Crippen LogP contribution in [0.1, 0.15) is 42.7 Å². The molecule has 2 aliphatic carbocycles. The molecular formula is C18H21NO4. The number of aliphatic hydroxyl groups is 1. The van der Waals surface area contributed by atoms with Gasteiger partial charge in [0, 0.05) is 20.7 Å². The maximum absolute atomic E-state index is 13.1. The first-order valence-corrected chi connectivity index (χ1v) is 7.54. The molecule has 2 fully saturated rings. The predicted molar refractivity (Wildman–Crippen MR) is 83.0 cm³/mol. The number of hydrogen-bond donors (Lipinski definition) is 1. The maximum Gasteiger partial charge on any atom is 0.174 e. The normalized spacial score (nSPS) is 55.4. The van der Waals surface area contributed by atoms with E-state index in [0.29, 0.717) is 0 Å². The van der Waals surface area contributed by atoms with Crippen LogP contribution in [0.2, 0.25) is 0 Å². The van der Waals surface area contributed by atoms with E-state index in [-0.39, 0.29) is 31.4 Å². The van der Waals surface area contributed by atoms with Gasteiger partial charge in [-0.1, -0.05) is 6.04 Å². The lowest BCUT2D eigenvalue weighted by Gasteiger charge is -2.62. The average molecular weight is 324 g/mol. The minimum atomic E-state index is -3.06. The fourth-order valence-electron chi connectivity index (χ4n) is 4.60. The summed E-state index contributed by atoms with van der Waals surface area (Å²) in [6.45, 7) is 0.0346. The Labute approximate surface area is 147 Å². The van der Waals surface area contributed by atoms with Crippen molar-refractivity contribution < 1.29 is 31.7 Å². The molecule has 5 heteroatoms. The summed E-state index contributed by atoms with van der Waals surface area (Å²) in [5.74, 6) is -1.90. The van der Waals surface area contributed by atoms with Crippen molar-refractivity contribution in [2.45, 2.75) is 48.7 Å². The summed E-state index contributed by atoms with van der Waals surface area (Å²) in [7, 11) is -1.60. The van der Waals surface area contributed by atoms with Gasteiger partial charge in [-0.15, -0.1) is 0 Å². The fourth-order valence-corrected chi connectivity index (χ4v) is 4.60. The molecule has 1 saturated carbocycles. The molecule has 4 atom stereocenters. The third-order valence-corrected chi connectivity index (χ3v) is 5.62. The van der Waals surface area contributed by atoms with Crippen molar-refractivity contribution in [1.29, 1.82) is 0 Å². The number of nitrogens with zero attached hydrogens (tertiary/aromatic N) is 1. The zero-order chi connectivity index (χ0) is 23.9. The highest BCUT2D eigenvalue weighted by atomic mass is 16.5. The van der Waals surface area contributed by atoms with Crippen molar-refractivity contribution in [3.63, 3.8) is 0 Å². The van der Waals surface area contributed by atoms with Gasteiger partial charge in [-0.25, -0.2) is 0 Å². The van der Waals surface area contributed by atoms with Crippen LogP contribution in [0, 0.1) is 0 Å². The third kappa shape index (κ3) is 1.32. The molecule has 1 N–H and O–H groups in total. The molecule has 5 nitrogen and oxygen atoms in total. The standard InChI is InChI=1S/C18H21NO4/c1-19-8-7-17-14-10-3-4-12(22-2)15(14)23-16(17)11(20)5-6-18(17,21)13(19)9-10/h3-4,13,16,21H,5-9H2,1-2H3/t13-,16?,17+,18-/m1/s1/i2D3,3D,4D,9D2,13D,16D. The number of likely N-dealkylation sites (N-methyl/N-ethyl adjacent to an activating group) is 1. The van der Waals surface area contributed by atoms with E-state index in [0.717, 1.165) is 0 Å². The number of Topliss-reactive ketones (excluding diaryl/α,β-unsaturated/α-hetero) is 1. The van der Waals surface area contributed by atoms with Crippen LogP contribution in [-0.2, 0) is 16.6 Å². The summed E-state index contributed by atoms with van der Waals surface area (Å²) in [6, 6.07) is -3.93. The number of piperidine rings is 1. The molecule has 0 amide bonds. The van der Waals surface area contributed by atoms with Crippen LogP contribution in [0.5, 0.6) is 11.5 Å². The van der Waals surface area contributed by atoms with Crippen molar-refractivity contribution in [3.8, 4) is 11.5 Å². The molecule has 1 spiro atoms. The molecule has 1 aromatic carbocycles. The summed E-state index contributed by atoms with van der Waals surface area (Å²) in [5.41, 5.74) is -4.87. The molecule has 122 valence electrons. The van der Waals surface area contributed by atoms with Crippen molar-refractivity contribution >= 4 is 5.78 Å². The Balaban J connectivity index is 2.00. The topological polar surface area (TPSA) is 59.0 Å². The first kappa shape index (κ1) is 7.53. The van der Waals surface area contributed by atoms with Gasteiger partial charge in [0.25, 0.3) is 0 Å². The highest BCUT2D eigenvalue weighted by Gasteiger charge is 2.72. The minimum absolute atomic E-state index is 0.0346. The van der Waals surface area contributed by atoms with Gasteiger partial charge in [0.2, 0.25) is 0 Å². The van der Waals surface area contributed by atoms with E-state index in [9.17, 15) is 11.3 Å². The molecule has 23 heavy (non-hydrogen) atoms. The van der Waals surface area contributed by atoms with Gasteiger partial charge in [-0.2, -0.15) is 0 Å². The number of carbonyl (C=O) groups is 1. The van der Waals surface area contributed by atoms with Crippen molar-refractivity contribution in [2.75, 3.05) is 20.6 Å². The number of ether oxygens (including phenoxy) is 2. The van der Waals surface area contributed by atoms with E-state index >= 15 is 0 Å². The van der Waals surface area contributed by atoms with Crippen LogP contribution in [0.4, 0.5) is 0 Å². The SMILES string of the molecule is [2H]c1c([2H])c2c3c(c1OC([2H])([2H])[2H])OC1([2H])C(=O)CC[C@]4(O)[C@@]31CCN(C)[C@]4([2H])C2([2H])[2H]. The number of methoxy groups -OCH3 is 1. The number of likely N-dealkylation sites (tertiary alicyclic amines) is 1. The van der Waals surface area contributed by atoms with Gasteiger partial charge in [0.05, 0.1) is 27.6 Å². The van der Waals surface area contributed by atoms with Crippen LogP contribution in [0.15, 0.2) is 12.1 Å². The van der Waals surface area contributed by atoms with Gasteiger partial charge >= 0.3 is 0 Å². The van der Waals surface area contributed by atoms with Crippen LogP contribution in [-0.4, -0.2) is 54.1 Å². The molecule has 2 heterocycles. The number of rotatable bonds is 1. The summed E-state index contributed by atoms with van der Waals surface area (Å²) < 4.78 is 86.0. The molecule has 0 radical (unpaired) electrons. The Morgan fingerprint density at radius 2 is 2.48 bits per heavy atom. The number of benzene rings is 1. The molecule has 1 saturated heterocycles. The summed E-state index contributed by atoms with van der Waals surface area (Å²) in [6.07, 6.45) is -5.96. The van der Waals surface area contributed by atoms with E-state index in [2.05, 4.69) is 0 Å². The summed E-state index contributed by atoms with van der Waals surface area (Å²) in [5, 5.41) is 12.1. The number of carbonyl (C=O) groups excluding carboxylic acids is 1. The van der Waals surface area contributed by atoms with Crippen LogP contribution < -0.4 is 9.47 Å². The van der Waals surface area contributed by atoms with Crippen molar-refractivity contribution in [1.82, 2.24) is 4.90 Å². The molecule has 5 rings (SSSR count). The highest BCUT2D eigenvalue weighted by molar-refractivity contribution is 5.90. The van der Waals surface area contributed by atoms with E-state index < -0.39 is 71.5 Å². The largest absolute Gasteiger partial charge is 0.493 e. The van der Waals surface area contributed by atoms with Gasteiger partial charge in [-0.05, 0) is 44.4 Å². The third-order valence-electron chi connectivity index (χ3n) is 5.62. The van der Waals surface area contributed by atoms with Crippen molar-refractivity contribution in [2.24, 2.45) is 0 Å². The predicted octanol–water partition coefficient (Wildman–Crippen LogP) is 1.05. The first-order chi connectivity index (χ1) is 14.5. The lowest BCUT2D eigenvalue weighted by Crippen LogP contribution is -2.76. The molecule has 0 aromatic heterocycles. The molecule has 2 aliphatic heterocycles. The zero-order valence-electron chi connectivity index (χ0n) is 21.4. The van der Waals surface area contributed by atoms with Gasteiger partial charge in [0.1, 0.15) is 0 Å². The second kappa shape index (κ2) is 4.08. The van der Waals surface area contributed by atoms with Crippen molar-refractivity contribution in [3.05, 3.63) is 23.2 Å². The molecule has 4 aliphatic rings. The van der Waals surface area contributed by atoms with Crippen LogP contribution in [0.25, 0.3) is 0 Å². The second-order valence-corrected chi connectivity index (χ2v) is 6.53. The minimum Gasteiger partial charge on any atom is -0.493 e. The quantitative estimate of drug-likeness (QED) is 0.837. The van der Waals surface area contributed by atoms with Crippen LogP contribution >= 0.6 is 0 Å². The molecule has 1 aromatic rings. The van der Waals surface area contributed by atoms with E-state index in [1.165, 1.54) is 11.9 Å². The van der Waals surface area contributed by atoms with Crippen LogP contribution in [0.3, 0.4) is 0 Å². The molecular weight excluding hydrogens is 294 g/mol. The zero-order valence-corrected chi connectivity index (χ0v) is 12.4. The smallest absolute Gasteiger partial charge is 0.174 e. The summed E-state index contributed by atoms with van der Waals surface area (Å²) >= 11 is 0. The Hall–Kier alpha value is -1.59. The number of hydrogen-bond acceptors (Lipinski definition) is 5. The van der Waals surface area contributed by atoms with Gasteiger partial charge < -0.3 is 19.5 Å². The maximum atomic E-state index is 13.1. The summed E-state index contributed by atoms with van der Waals surface area (Å²) in [4.78, 5) is 14.4. The van der Waals surface area contributed by atoms with Gasteiger partial charge in [-0.3, -0.25) is 4.79 Å². The Kier molecular flexibility index (Phi) is 1.34. The lowest BCUT2D eigenvalue weighted by atomic mass is 9.49. The molecule has 1 unspecified atom stereocenters. The van der Waals surface area contributed by atoms with E-state index in [4.69, 9.17) is 20.4 Å². The fraction of sp³-hybridized carbons (Fsp3) is 0.611. The molecule has 2 bridgehead atoms. The van der Waals surface area contributed by atoms with Gasteiger partial charge in [0.15, 0.2) is 23.4 Å². The monoisotopic (exact) mass is 324 g/mol. The second-order valence-electron chi connectivity index (χ2n) is 6.53. The average Bonchev–Trinajstić information content (AvgIpc) is 2.94.